The van der Waals surface area contributed by atoms with Crippen LogP contribution in [0, 0.1) is 0 Å². The molecule has 0 saturated carbocycles. The Bertz CT molecular complexity index is 384. The van der Waals surface area contributed by atoms with Gasteiger partial charge in [-0.3, -0.25) is 9.78 Å². The van der Waals surface area contributed by atoms with Crippen molar-refractivity contribution in [3.05, 3.63) is 28.5 Å². The van der Waals surface area contributed by atoms with Gasteiger partial charge in [-0.15, -0.1) is 0 Å². The van der Waals surface area contributed by atoms with Crippen LogP contribution in [-0.2, 0) is 0 Å². The number of carbonyl (C=O) groups is 1. The maximum Gasteiger partial charge on any atom is 0.253 e. The quantitative estimate of drug-likeness (QED) is 0.813. The molecule has 0 radical (unpaired) electrons. The second-order valence-corrected chi connectivity index (χ2v) is 5.44. The molecule has 17 heavy (non-hydrogen) atoms. The molecule has 0 aliphatic heterocycles. The van der Waals surface area contributed by atoms with Gasteiger partial charge in [-0.25, -0.2) is 0 Å². The van der Waals surface area contributed by atoms with E-state index in [4.69, 9.17) is 0 Å². The van der Waals surface area contributed by atoms with Crippen molar-refractivity contribution in [3.63, 3.8) is 0 Å². The molecule has 1 aromatic rings. The zero-order chi connectivity index (χ0) is 12.9. The van der Waals surface area contributed by atoms with Crippen molar-refractivity contribution in [1.82, 2.24) is 10.3 Å². The van der Waals surface area contributed by atoms with E-state index >= 15 is 0 Å². The molecule has 3 nitrogen and oxygen atoms in total. The molecule has 0 spiro atoms. The molecule has 0 aliphatic carbocycles. The molecule has 0 aromatic carbocycles. The predicted molar refractivity (Wildman–Crippen MR) is 76.5 cm³/mol. The summed E-state index contributed by atoms with van der Waals surface area (Å²) in [6, 6.07) is 1.77. The fourth-order valence-electron chi connectivity index (χ4n) is 1.50. The van der Waals surface area contributed by atoms with Gasteiger partial charge in [-0.2, -0.15) is 0 Å². The maximum absolute atomic E-state index is 12.1. The molecule has 0 unspecified atom stereocenters. The zero-order valence-electron chi connectivity index (χ0n) is 9.96. The normalized spacial score (nSPS) is 11.3. The number of hydrogen-bond donors (Lipinski definition) is 1. The smallest absolute Gasteiger partial charge is 0.253 e. The maximum atomic E-state index is 12.1. The van der Waals surface area contributed by atoms with E-state index in [0.717, 1.165) is 22.6 Å². The number of nitrogens with zero attached hydrogens (tertiary/aromatic N) is 1. The summed E-state index contributed by atoms with van der Waals surface area (Å²) in [7, 11) is 0. The summed E-state index contributed by atoms with van der Waals surface area (Å²) in [5, 5.41) is 3.83. The number of rotatable bonds is 5. The third kappa shape index (κ3) is 3.78. The van der Waals surface area contributed by atoms with Crippen molar-refractivity contribution in [3.8, 4) is 0 Å². The molecule has 1 heterocycles. The van der Waals surface area contributed by atoms with Gasteiger partial charge in [-0.1, -0.05) is 29.8 Å². The van der Waals surface area contributed by atoms with E-state index in [1.54, 1.807) is 18.5 Å². The van der Waals surface area contributed by atoms with E-state index in [-0.39, 0.29) is 11.4 Å². The molecule has 94 valence electrons. The summed E-state index contributed by atoms with van der Waals surface area (Å²) in [5.74, 6) is -0.0815. The van der Waals surface area contributed by atoms with Crippen molar-refractivity contribution >= 4 is 37.8 Å². The lowest BCUT2D eigenvalue weighted by Crippen LogP contribution is -2.49. The molecule has 0 aliphatic rings. The average molecular weight is 364 g/mol. The van der Waals surface area contributed by atoms with E-state index < -0.39 is 0 Å². The third-order valence-corrected chi connectivity index (χ3v) is 4.46. The fourth-order valence-corrected chi connectivity index (χ4v) is 2.80. The van der Waals surface area contributed by atoms with E-state index in [2.05, 4.69) is 56.0 Å². The first-order valence-electron chi connectivity index (χ1n) is 5.56. The average Bonchev–Trinajstić information content (AvgIpc) is 2.36. The van der Waals surface area contributed by atoms with Crippen LogP contribution in [0.5, 0.6) is 0 Å². The first kappa shape index (κ1) is 14.6. The molecular weight excluding hydrogens is 348 g/mol. The van der Waals surface area contributed by atoms with Gasteiger partial charge in [0.25, 0.3) is 5.91 Å². The van der Waals surface area contributed by atoms with Crippen molar-refractivity contribution in [2.75, 3.05) is 5.33 Å². The van der Waals surface area contributed by atoms with Gasteiger partial charge >= 0.3 is 0 Å². The van der Waals surface area contributed by atoms with Gasteiger partial charge in [-0.05, 0) is 34.8 Å². The highest BCUT2D eigenvalue weighted by Gasteiger charge is 2.27. The van der Waals surface area contributed by atoms with Crippen molar-refractivity contribution in [1.29, 1.82) is 0 Å². The molecular formula is C12H16Br2N2O. The van der Waals surface area contributed by atoms with Crippen molar-refractivity contribution in [2.45, 2.75) is 32.2 Å². The number of pyridine rings is 1. The monoisotopic (exact) mass is 362 g/mol. The molecule has 0 saturated heterocycles. The van der Waals surface area contributed by atoms with Crippen LogP contribution >= 0.6 is 31.9 Å². The molecule has 0 bridgehead atoms. The number of aromatic nitrogens is 1. The summed E-state index contributed by atoms with van der Waals surface area (Å²) in [6.07, 6.45) is 5.02. The minimum absolute atomic E-state index is 0.0815. The van der Waals surface area contributed by atoms with Crippen LogP contribution in [0.25, 0.3) is 0 Å². The van der Waals surface area contributed by atoms with E-state index in [1.807, 2.05) is 0 Å². The first-order valence-corrected chi connectivity index (χ1v) is 7.47. The number of amides is 1. The van der Waals surface area contributed by atoms with Gasteiger partial charge in [0.15, 0.2) is 0 Å². The van der Waals surface area contributed by atoms with E-state index in [0.29, 0.717) is 5.56 Å². The summed E-state index contributed by atoms with van der Waals surface area (Å²) in [6.45, 7) is 4.15. The number of alkyl halides is 1. The largest absolute Gasteiger partial charge is 0.346 e. The van der Waals surface area contributed by atoms with E-state index in [1.165, 1.54) is 0 Å². The van der Waals surface area contributed by atoms with Crippen LogP contribution in [0.2, 0.25) is 0 Å². The summed E-state index contributed by atoms with van der Waals surface area (Å²) >= 11 is 6.78. The molecule has 5 heteroatoms. The fraction of sp³-hybridized carbons (Fsp3) is 0.500. The highest BCUT2D eigenvalue weighted by Crippen LogP contribution is 2.19. The van der Waals surface area contributed by atoms with Crippen LogP contribution in [0.4, 0.5) is 0 Å². The van der Waals surface area contributed by atoms with Gasteiger partial charge in [0.2, 0.25) is 0 Å². The summed E-state index contributed by atoms with van der Waals surface area (Å²) in [5.41, 5.74) is 0.394. The van der Waals surface area contributed by atoms with Gasteiger partial charge in [0, 0.05) is 27.7 Å². The number of nitrogens with one attached hydrogen (secondary N) is 1. The van der Waals surface area contributed by atoms with Crippen LogP contribution in [0.3, 0.4) is 0 Å². The Hall–Kier alpha value is -0.420. The minimum Gasteiger partial charge on any atom is -0.346 e. The highest BCUT2D eigenvalue weighted by molar-refractivity contribution is 9.10. The molecule has 1 amide bonds. The van der Waals surface area contributed by atoms with Crippen molar-refractivity contribution < 1.29 is 4.79 Å². The Balaban J connectivity index is 2.84. The molecule has 1 aromatic heterocycles. The topological polar surface area (TPSA) is 42.0 Å². The lowest BCUT2D eigenvalue weighted by Gasteiger charge is -2.30. The predicted octanol–water partition coefficient (Wildman–Crippen LogP) is 3.53. The Kier molecular flexibility index (Phi) is 5.59. The molecule has 1 rings (SSSR count). The second kappa shape index (κ2) is 6.50. The Morgan fingerprint density at radius 2 is 2.06 bits per heavy atom. The first-order chi connectivity index (χ1) is 8.06. The van der Waals surface area contributed by atoms with E-state index in [9.17, 15) is 4.79 Å². The lowest BCUT2D eigenvalue weighted by atomic mass is 9.95. The van der Waals surface area contributed by atoms with Crippen LogP contribution in [0.15, 0.2) is 22.9 Å². The number of halogens is 2. The van der Waals surface area contributed by atoms with Crippen LogP contribution in [0.1, 0.15) is 37.0 Å². The van der Waals surface area contributed by atoms with Crippen LogP contribution in [-0.4, -0.2) is 21.8 Å². The van der Waals surface area contributed by atoms with Gasteiger partial charge in [0.1, 0.15) is 0 Å². The standard InChI is InChI=1S/C12H16Br2N2O/c1-3-12(4-2,8-13)16-11(17)9-5-10(14)7-15-6-9/h5-7H,3-4,8H2,1-2H3,(H,16,17). The van der Waals surface area contributed by atoms with Gasteiger partial charge in [0.05, 0.1) is 5.56 Å². The third-order valence-electron chi connectivity index (χ3n) is 2.96. The number of carbonyl (C=O) groups excluding carboxylic acids is 1. The molecule has 0 fully saturated rings. The number of hydrogen-bond acceptors (Lipinski definition) is 2. The minimum atomic E-state index is -0.181. The molecule has 0 atom stereocenters. The zero-order valence-corrected chi connectivity index (χ0v) is 13.1. The highest BCUT2D eigenvalue weighted by atomic mass is 79.9. The second-order valence-electron chi connectivity index (χ2n) is 3.97. The Morgan fingerprint density at radius 3 is 2.53 bits per heavy atom. The van der Waals surface area contributed by atoms with Crippen molar-refractivity contribution in [2.24, 2.45) is 0 Å². The van der Waals surface area contributed by atoms with Crippen LogP contribution < -0.4 is 5.32 Å². The summed E-state index contributed by atoms with van der Waals surface area (Å²) in [4.78, 5) is 16.1. The lowest BCUT2D eigenvalue weighted by molar-refractivity contribution is 0.0903. The summed E-state index contributed by atoms with van der Waals surface area (Å²) < 4.78 is 0.808. The Labute approximate surface area is 119 Å². The Morgan fingerprint density at radius 1 is 1.41 bits per heavy atom. The SMILES string of the molecule is CCC(CC)(CBr)NC(=O)c1cncc(Br)c1. The van der Waals surface area contributed by atoms with Gasteiger partial charge < -0.3 is 5.32 Å². The molecule has 1 N–H and O–H groups in total.